The van der Waals surface area contributed by atoms with Gasteiger partial charge in [0.15, 0.2) is 0 Å². The highest BCUT2D eigenvalue weighted by atomic mass is 32.2. The number of aryl methyl sites for hydroxylation is 1. The first-order valence-corrected chi connectivity index (χ1v) is 10.6. The highest BCUT2D eigenvalue weighted by molar-refractivity contribution is 7.89. The Morgan fingerprint density at radius 3 is 2.42 bits per heavy atom. The van der Waals surface area contributed by atoms with E-state index in [9.17, 15) is 13.2 Å². The van der Waals surface area contributed by atoms with Crippen molar-refractivity contribution in [1.82, 2.24) is 9.62 Å². The summed E-state index contributed by atoms with van der Waals surface area (Å²) in [7, 11) is -3.47. The number of ether oxygens (including phenoxy) is 1. The van der Waals surface area contributed by atoms with E-state index < -0.39 is 16.1 Å². The van der Waals surface area contributed by atoms with Gasteiger partial charge in [0.2, 0.25) is 15.9 Å². The van der Waals surface area contributed by atoms with Gasteiger partial charge in [0.25, 0.3) is 0 Å². The zero-order valence-corrected chi connectivity index (χ0v) is 15.9. The van der Waals surface area contributed by atoms with Crippen molar-refractivity contribution in [2.45, 2.75) is 55.8 Å². The van der Waals surface area contributed by atoms with Gasteiger partial charge in [-0.05, 0) is 44.7 Å². The number of hydrogen-bond donors (Lipinski definition) is 2. The summed E-state index contributed by atoms with van der Waals surface area (Å²) in [5.41, 5.74) is 6.60. The molecule has 2 heterocycles. The Morgan fingerprint density at radius 2 is 1.85 bits per heavy atom. The van der Waals surface area contributed by atoms with Gasteiger partial charge in [-0.1, -0.05) is 17.7 Å². The molecule has 0 unspecified atom stereocenters. The summed E-state index contributed by atoms with van der Waals surface area (Å²) < 4.78 is 32.5. The van der Waals surface area contributed by atoms with Gasteiger partial charge < -0.3 is 15.8 Å². The van der Waals surface area contributed by atoms with E-state index >= 15 is 0 Å². The fourth-order valence-corrected chi connectivity index (χ4v) is 4.94. The lowest BCUT2D eigenvalue weighted by atomic mass is 10.1. The monoisotopic (exact) mass is 381 g/mol. The molecule has 0 saturated carbocycles. The molecule has 26 heavy (non-hydrogen) atoms. The van der Waals surface area contributed by atoms with Crippen LogP contribution < -0.4 is 11.1 Å². The molecule has 8 heteroatoms. The smallest absolute Gasteiger partial charge is 0.249 e. The summed E-state index contributed by atoms with van der Waals surface area (Å²) in [6.07, 6.45) is 2.23. The number of nitrogens with two attached hydrogens (primary N) is 1. The van der Waals surface area contributed by atoms with Crippen LogP contribution in [0.4, 0.5) is 0 Å². The van der Waals surface area contributed by atoms with Crippen molar-refractivity contribution in [3.8, 4) is 0 Å². The number of carbonyl (C=O) groups is 1. The van der Waals surface area contributed by atoms with Crippen LogP contribution in [0.1, 0.15) is 31.2 Å². The van der Waals surface area contributed by atoms with E-state index in [0.717, 1.165) is 12.0 Å². The minimum Gasteiger partial charge on any atom is -0.364 e. The molecule has 0 bridgehead atoms. The van der Waals surface area contributed by atoms with E-state index in [0.29, 0.717) is 43.8 Å². The predicted molar refractivity (Wildman–Crippen MR) is 98.1 cm³/mol. The summed E-state index contributed by atoms with van der Waals surface area (Å²) in [5, 5.41) is 3.00. The normalized spacial score (nSPS) is 25.3. The van der Waals surface area contributed by atoms with Gasteiger partial charge >= 0.3 is 0 Å². The van der Waals surface area contributed by atoms with E-state index in [2.05, 4.69) is 5.32 Å². The van der Waals surface area contributed by atoms with E-state index in [1.165, 1.54) is 4.31 Å². The molecule has 1 aromatic carbocycles. The summed E-state index contributed by atoms with van der Waals surface area (Å²) >= 11 is 0. The molecule has 2 atom stereocenters. The quantitative estimate of drug-likeness (QED) is 0.784. The number of benzene rings is 1. The van der Waals surface area contributed by atoms with Gasteiger partial charge in [-0.3, -0.25) is 4.79 Å². The van der Waals surface area contributed by atoms with Crippen molar-refractivity contribution in [2.24, 2.45) is 5.73 Å². The van der Waals surface area contributed by atoms with Crippen LogP contribution >= 0.6 is 0 Å². The second-order valence-corrected chi connectivity index (χ2v) is 9.00. The molecule has 144 valence electrons. The lowest BCUT2D eigenvalue weighted by molar-refractivity contribution is -0.132. The number of hydrogen-bond acceptors (Lipinski definition) is 5. The second-order valence-electron chi connectivity index (χ2n) is 7.06. The molecule has 0 spiro atoms. The third-order valence-corrected chi connectivity index (χ3v) is 7.03. The van der Waals surface area contributed by atoms with E-state index in [1.54, 1.807) is 24.3 Å². The first-order chi connectivity index (χ1) is 12.4. The fraction of sp³-hybridized carbons (Fsp3) is 0.611. The van der Waals surface area contributed by atoms with Crippen LogP contribution in [0.15, 0.2) is 29.2 Å². The largest absolute Gasteiger partial charge is 0.364 e. The van der Waals surface area contributed by atoms with Crippen LogP contribution in [-0.4, -0.2) is 56.5 Å². The standard InChI is InChI=1S/C18H27N3O4S/c1-13-2-5-16(6-3-13)26(23,24)21-10-8-14(9-11-21)20-18(22)17-7-4-15(12-19)25-17/h2-3,5-6,14-15,17H,4,7-12,19H2,1H3,(H,20,22)/t15-,17+/m1/s1. The van der Waals surface area contributed by atoms with Crippen LogP contribution in [0.2, 0.25) is 0 Å². The summed E-state index contributed by atoms with van der Waals surface area (Å²) in [6, 6.07) is 6.87. The molecule has 2 fully saturated rings. The molecule has 2 aliphatic rings. The van der Waals surface area contributed by atoms with Gasteiger partial charge in [-0.15, -0.1) is 0 Å². The molecular weight excluding hydrogens is 354 g/mol. The van der Waals surface area contributed by atoms with Crippen molar-refractivity contribution < 1.29 is 17.9 Å². The van der Waals surface area contributed by atoms with Crippen LogP contribution in [-0.2, 0) is 19.6 Å². The average molecular weight is 381 g/mol. The maximum Gasteiger partial charge on any atom is 0.249 e. The number of piperidine rings is 1. The van der Waals surface area contributed by atoms with E-state index in [-0.39, 0.29) is 18.1 Å². The van der Waals surface area contributed by atoms with Gasteiger partial charge in [0.1, 0.15) is 6.10 Å². The Morgan fingerprint density at radius 1 is 1.19 bits per heavy atom. The Labute approximate surface area is 154 Å². The first kappa shape index (κ1) is 19.3. The van der Waals surface area contributed by atoms with E-state index in [1.807, 2.05) is 6.92 Å². The van der Waals surface area contributed by atoms with Crippen LogP contribution in [0, 0.1) is 6.92 Å². The van der Waals surface area contributed by atoms with Gasteiger partial charge in [-0.2, -0.15) is 4.31 Å². The molecule has 1 amide bonds. The predicted octanol–water partition coefficient (Wildman–Crippen LogP) is 0.771. The number of carbonyl (C=O) groups excluding carboxylic acids is 1. The molecule has 2 saturated heterocycles. The Hall–Kier alpha value is -1.48. The summed E-state index contributed by atoms with van der Waals surface area (Å²) in [5.74, 6) is -0.110. The SMILES string of the molecule is Cc1ccc(S(=O)(=O)N2CCC(NC(=O)[C@@H]3CC[C@H](CN)O3)CC2)cc1. The lowest BCUT2D eigenvalue weighted by Gasteiger charge is -2.32. The van der Waals surface area contributed by atoms with Crippen molar-refractivity contribution >= 4 is 15.9 Å². The number of nitrogens with zero attached hydrogens (tertiary/aromatic N) is 1. The van der Waals surface area contributed by atoms with Crippen LogP contribution in [0.25, 0.3) is 0 Å². The highest BCUT2D eigenvalue weighted by Gasteiger charge is 2.33. The van der Waals surface area contributed by atoms with Crippen molar-refractivity contribution in [3.05, 3.63) is 29.8 Å². The zero-order chi connectivity index (χ0) is 18.7. The highest BCUT2D eigenvalue weighted by Crippen LogP contribution is 2.23. The Bertz CT molecular complexity index is 727. The Kier molecular flexibility index (Phi) is 5.96. The first-order valence-electron chi connectivity index (χ1n) is 9.13. The van der Waals surface area contributed by atoms with Crippen LogP contribution in [0.3, 0.4) is 0 Å². The number of sulfonamides is 1. The maximum atomic E-state index is 12.7. The number of amides is 1. The lowest BCUT2D eigenvalue weighted by Crippen LogP contribution is -2.48. The average Bonchev–Trinajstić information content (AvgIpc) is 3.12. The maximum absolute atomic E-state index is 12.7. The van der Waals surface area contributed by atoms with Gasteiger partial charge in [0.05, 0.1) is 11.0 Å². The number of rotatable bonds is 5. The summed E-state index contributed by atoms with van der Waals surface area (Å²) in [6.45, 7) is 3.16. The third kappa shape index (κ3) is 4.25. The minimum absolute atomic E-state index is 0.0208. The minimum atomic E-state index is -3.47. The third-order valence-electron chi connectivity index (χ3n) is 5.12. The molecule has 0 aromatic heterocycles. The second kappa shape index (κ2) is 8.04. The molecule has 2 aliphatic heterocycles. The fourth-order valence-electron chi connectivity index (χ4n) is 3.47. The van der Waals surface area contributed by atoms with E-state index in [4.69, 9.17) is 10.5 Å². The molecular formula is C18H27N3O4S. The Balaban J connectivity index is 1.52. The molecule has 1 aromatic rings. The molecule has 0 aliphatic carbocycles. The van der Waals surface area contributed by atoms with Gasteiger partial charge in [-0.25, -0.2) is 8.42 Å². The zero-order valence-electron chi connectivity index (χ0n) is 15.1. The molecule has 7 nitrogen and oxygen atoms in total. The topological polar surface area (TPSA) is 102 Å². The molecule has 3 N–H and O–H groups in total. The molecule has 0 radical (unpaired) electrons. The van der Waals surface area contributed by atoms with Crippen molar-refractivity contribution in [3.63, 3.8) is 0 Å². The van der Waals surface area contributed by atoms with Crippen molar-refractivity contribution in [2.75, 3.05) is 19.6 Å². The van der Waals surface area contributed by atoms with Gasteiger partial charge in [0, 0.05) is 25.7 Å². The van der Waals surface area contributed by atoms with Crippen molar-refractivity contribution in [1.29, 1.82) is 0 Å². The molecule has 3 rings (SSSR count). The number of nitrogens with one attached hydrogen (secondary N) is 1. The summed E-state index contributed by atoms with van der Waals surface area (Å²) in [4.78, 5) is 12.6. The van der Waals surface area contributed by atoms with Crippen LogP contribution in [0.5, 0.6) is 0 Å².